The Bertz CT molecular complexity index is 216. The minimum atomic E-state index is 0.178. The zero-order valence-electron chi connectivity index (χ0n) is 11.7. The van der Waals surface area contributed by atoms with Crippen molar-refractivity contribution in [1.29, 1.82) is 0 Å². The van der Waals surface area contributed by atoms with E-state index in [0.29, 0.717) is 6.54 Å². The molecule has 106 valence electrons. The molecule has 1 aliphatic carbocycles. The van der Waals surface area contributed by atoms with Crippen LogP contribution in [0.1, 0.15) is 45.4 Å². The van der Waals surface area contributed by atoms with Gasteiger partial charge in [0.2, 0.25) is 0 Å². The summed E-state index contributed by atoms with van der Waals surface area (Å²) in [5.74, 6) is 0.901. The second-order valence-electron chi connectivity index (χ2n) is 5.14. The highest BCUT2D eigenvalue weighted by molar-refractivity contribution is 5.76. The third kappa shape index (κ3) is 7.67. The van der Waals surface area contributed by atoms with Gasteiger partial charge in [0.15, 0.2) is 6.54 Å². The van der Waals surface area contributed by atoms with Crippen LogP contribution in [0.25, 0.3) is 0 Å². The molecule has 0 bridgehead atoms. The van der Waals surface area contributed by atoms with Crippen molar-refractivity contribution in [3.63, 3.8) is 0 Å². The number of hydrogen-bond acceptors (Lipinski definition) is 2. The summed E-state index contributed by atoms with van der Waals surface area (Å²) in [6, 6.07) is 0. The first-order chi connectivity index (χ1) is 8.83. The highest BCUT2D eigenvalue weighted by Crippen LogP contribution is 2.22. The van der Waals surface area contributed by atoms with Crippen molar-refractivity contribution >= 4 is 5.91 Å². The first-order valence-electron chi connectivity index (χ1n) is 7.49. The lowest BCUT2D eigenvalue weighted by Gasteiger charge is -2.21. The minimum absolute atomic E-state index is 0.178. The largest absolute Gasteiger partial charge is 0.382 e. The fraction of sp³-hybridized carbons (Fsp3) is 0.929. The van der Waals surface area contributed by atoms with E-state index >= 15 is 0 Å². The second kappa shape index (κ2) is 10.3. The van der Waals surface area contributed by atoms with Crippen LogP contribution in [0, 0.1) is 5.92 Å². The molecule has 0 aromatic heterocycles. The van der Waals surface area contributed by atoms with E-state index in [9.17, 15) is 4.79 Å². The normalized spacial score (nSPS) is 16.7. The van der Waals surface area contributed by atoms with Crippen molar-refractivity contribution in [2.24, 2.45) is 5.92 Å². The minimum Gasteiger partial charge on any atom is -0.382 e. The Hall–Kier alpha value is -0.610. The molecule has 1 fully saturated rings. The maximum absolute atomic E-state index is 11.6. The topological polar surface area (TPSA) is 54.9 Å². The summed E-state index contributed by atoms with van der Waals surface area (Å²) in [6.45, 7) is 5.99. The van der Waals surface area contributed by atoms with E-state index < -0.39 is 0 Å². The molecule has 0 aromatic carbocycles. The first-order valence-corrected chi connectivity index (χ1v) is 7.49. The molecule has 0 heterocycles. The Morgan fingerprint density at radius 2 is 2.11 bits per heavy atom. The predicted molar refractivity (Wildman–Crippen MR) is 72.4 cm³/mol. The number of hydrogen-bond donors (Lipinski definition) is 2. The van der Waals surface area contributed by atoms with E-state index in [1.165, 1.54) is 32.1 Å². The van der Waals surface area contributed by atoms with E-state index in [1.807, 2.05) is 6.92 Å². The lowest BCUT2D eigenvalue weighted by Crippen LogP contribution is -2.86. The van der Waals surface area contributed by atoms with Gasteiger partial charge in [0.1, 0.15) is 0 Å². The average Bonchev–Trinajstić information content (AvgIpc) is 2.41. The molecule has 0 unspecified atom stereocenters. The Morgan fingerprint density at radius 1 is 1.33 bits per heavy atom. The fourth-order valence-electron chi connectivity index (χ4n) is 2.43. The summed E-state index contributed by atoms with van der Waals surface area (Å²) < 4.78 is 5.25. The molecule has 0 aliphatic heterocycles. The number of carbonyl (C=O) groups is 1. The van der Waals surface area contributed by atoms with Gasteiger partial charge >= 0.3 is 0 Å². The molecule has 18 heavy (non-hydrogen) atoms. The van der Waals surface area contributed by atoms with Crippen molar-refractivity contribution < 1.29 is 14.8 Å². The van der Waals surface area contributed by atoms with Gasteiger partial charge in [-0.25, -0.2) is 0 Å². The van der Waals surface area contributed by atoms with Gasteiger partial charge < -0.3 is 15.4 Å². The van der Waals surface area contributed by atoms with Crippen LogP contribution in [-0.4, -0.2) is 38.8 Å². The molecule has 0 aromatic rings. The number of rotatable bonds is 9. The van der Waals surface area contributed by atoms with Crippen molar-refractivity contribution in [3.05, 3.63) is 0 Å². The summed E-state index contributed by atoms with van der Waals surface area (Å²) in [5.41, 5.74) is 0. The number of nitrogens with two attached hydrogens (primary N) is 1. The zero-order chi connectivity index (χ0) is 13.1. The number of nitrogens with one attached hydrogen (secondary N) is 1. The fourth-order valence-corrected chi connectivity index (χ4v) is 2.43. The van der Waals surface area contributed by atoms with E-state index in [4.69, 9.17) is 4.74 Å². The summed E-state index contributed by atoms with van der Waals surface area (Å²) in [7, 11) is 0. The molecule has 3 N–H and O–H groups in total. The number of carbonyl (C=O) groups excluding carboxylic acids is 1. The number of quaternary nitrogens is 1. The van der Waals surface area contributed by atoms with Gasteiger partial charge in [-0.3, -0.25) is 4.79 Å². The molecule has 4 heteroatoms. The molecular formula is C14H29N2O2+. The van der Waals surface area contributed by atoms with Crippen LogP contribution < -0.4 is 10.6 Å². The maximum atomic E-state index is 11.6. The molecular weight excluding hydrogens is 228 g/mol. The van der Waals surface area contributed by atoms with Gasteiger partial charge in [-0.2, -0.15) is 0 Å². The van der Waals surface area contributed by atoms with Crippen LogP contribution in [0.4, 0.5) is 0 Å². The molecule has 0 spiro atoms. The Balaban J connectivity index is 1.90. The molecule has 1 aliphatic rings. The standard InChI is InChI=1S/C14H28N2O2/c1-2-18-10-6-9-15-12-14(17)16-11-13-7-4-3-5-8-13/h13,15H,2-12H2,1H3,(H,16,17)/p+1. The highest BCUT2D eigenvalue weighted by atomic mass is 16.5. The number of amides is 1. The molecule has 0 radical (unpaired) electrons. The van der Waals surface area contributed by atoms with Gasteiger partial charge in [0.05, 0.1) is 13.2 Å². The smallest absolute Gasteiger partial charge is 0.275 e. The quantitative estimate of drug-likeness (QED) is 0.597. The van der Waals surface area contributed by atoms with Crippen LogP contribution in [0.3, 0.4) is 0 Å². The van der Waals surface area contributed by atoms with E-state index in [-0.39, 0.29) is 5.91 Å². The van der Waals surface area contributed by atoms with Crippen molar-refractivity contribution in [3.8, 4) is 0 Å². The SMILES string of the molecule is CCOCCC[NH2+]CC(=O)NCC1CCCCC1. The first kappa shape index (κ1) is 15.4. The average molecular weight is 257 g/mol. The predicted octanol–water partition coefficient (Wildman–Crippen LogP) is 0.673. The summed E-state index contributed by atoms with van der Waals surface area (Å²) in [6.07, 6.45) is 7.65. The molecule has 1 amide bonds. The zero-order valence-corrected chi connectivity index (χ0v) is 11.7. The van der Waals surface area contributed by atoms with Gasteiger partial charge in [-0.15, -0.1) is 0 Å². The van der Waals surface area contributed by atoms with Crippen molar-refractivity contribution in [2.75, 3.05) is 32.8 Å². The third-order valence-corrected chi connectivity index (χ3v) is 3.54. The second-order valence-corrected chi connectivity index (χ2v) is 5.14. The molecule has 0 saturated heterocycles. The van der Waals surface area contributed by atoms with Crippen molar-refractivity contribution in [2.45, 2.75) is 45.4 Å². The number of ether oxygens (including phenoxy) is 1. The van der Waals surface area contributed by atoms with Crippen LogP contribution in [-0.2, 0) is 9.53 Å². The van der Waals surface area contributed by atoms with Gasteiger partial charge in [-0.05, 0) is 25.7 Å². The maximum Gasteiger partial charge on any atom is 0.275 e. The monoisotopic (exact) mass is 257 g/mol. The molecule has 0 atom stereocenters. The van der Waals surface area contributed by atoms with Gasteiger partial charge in [0.25, 0.3) is 5.91 Å². The van der Waals surface area contributed by atoms with Crippen LogP contribution in [0.5, 0.6) is 0 Å². The lowest BCUT2D eigenvalue weighted by molar-refractivity contribution is -0.644. The van der Waals surface area contributed by atoms with Gasteiger partial charge in [0, 0.05) is 19.6 Å². The van der Waals surface area contributed by atoms with Crippen LogP contribution in [0.2, 0.25) is 0 Å². The summed E-state index contributed by atoms with van der Waals surface area (Å²) in [5, 5.41) is 5.12. The summed E-state index contributed by atoms with van der Waals surface area (Å²) in [4.78, 5) is 11.6. The third-order valence-electron chi connectivity index (χ3n) is 3.54. The molecule has 4 nitrogen and oxygen atoms in total. The van der Waals surface area contributed by atoms with Crippen LogP contribution in [0.15, 0.2) is 0 Å². The highest BCUT2D eigenvalue weighted by Gasteiger charge is 2.14. The van der Waals surface area contributed by atoms with E-state index in [2.05, 4.69) is 10.6 Å². The van der Waals surface area contributed by atoms with Crippen molar-refractivity contribution in [1.82, 2.24) is 5.32 Å². The van der Waals surface area contributed by atoms with Crippen LogP contribution >= 0.6 is 0 Å². The summed E-state index contributed by atoms with van der Waals surface area (Å²) >= 11 is 0. The lowest BCUT2D eigenvalue weighted by atomic mass is 9.89. The molecule has 1 saturated carbocycles. The molecule has 1 rings (SSSR count). The Morgan fingerprint density at radius 3 is 2.83 bits per heavy atom. The van der Waals surface area contributed by atoms with Gasteiger partial charge in [-0.1, -0.05) is 19.3 Å². The van der Waals surface area contributed by atoms with E-state index in [0.717, 1.165) is 38.6 Å². The Kier molecular flexibility index (Phi) is 8.86. The van der Waals surface area contributed by atoms with E-state index in [1.54, 1.807) is 0 Å². The Labute approximate surface area is 111 Å².